The second-order valence-electron chi connectivity index (χ2n) is 14.1. The Hall–Kier alpha value is -7.40. The lowest BCUT2D eigenvalue weighted by molar-refractivity contribution is -0.384. The molecule has 7 rings (SSSR count). The molecule has 0 bridgehead atoms. The lowest BCUT2D eigenvalue weighted by Crippen LogP contribution is -2.44. The van der Waals surface area contributed by atoms with E-state index >= 15 is 0 Å². The van der Waals surface area contributed by atoms with Crippen LogP contribution < -0.4 is 25.1 Å². The summed E-state index contributed by atoms with van der Waals surface area (Å²) >= 11 is 1.21. The fourth-order valence-corrected chi connectivity index (χ4v) is 7.57. The minimum absolute atomic E-state index is 0.109. The second-order valence-corrected chi connectivity index (χ2v) is 15.0. The number of hydrogen-bond donors (Lipinski definition) is 2. The Morgan fingerprint density at radius 3 is 2.30 bits per heavy atom. The van der Waals surface area contributed by atoms with Crippen molar-refractivity contribution in [2.75, 3.05) is 16.9 Å². The van der Waals surface area contributed by atoms with E-state index in [-0.39, 0.29) is 35.2 Å². The van der Waals surface area contributed by atoms with Crippen molar-refractivity contribution in [3.05, 3.63) is 152 Å². The molecule has 304 valence electrons. The second kappa shape index (κ2) is 17.6. The van der Waals surface area contributed by atoms with E-state index in [0.29, 0.717) is 33.5 Å². The van der Waals surface area contributed by atoms with Crippen molar-refractivity contribution in [1.29, 1.82) is 0 Å². The minimum Gasteiger partial charge on any atom is -0.483 e. The molecule has 0 fully saturated rings. The summed E-state index contributed by atoms with van der Waals surface area (Å²) in [7, 11) is 0. The molecule has 5 aromatic carbocycles. The number of anilines is 2. The van der Waals surface area contributed by atoms with Crippen molar-refractivity contribution in [2.45, 2.75) is 51.6 Å². The molecule has 0 saturated carbocycles. The van der Waals surface area contributed by atoms with Gasteiger partial charge < -0.3 is 20.1 Å². The maximum absolute atomic E-state index is 14.4. The lowest BCUT2D eigenvalue weighted by atomic mass is 10.0. The summed E-state index contributed by atoms with van der Waals surface area (Å²) in [6.45, 7) is 9.26. The van der Waals surface area contributed by atoms with E-state index in [0.717, 1.165) is 27.8 Å². The fourth-order valence-electron chi connectivity index (χ4n) is 6.71. The maximum Gasteiger partial charge on any atom is 0.296 e. The van der Waals surface area contributed by atoms with Gasteiger partial charge in [0.05, 0.1) is 16.3 Å². The third-order valence-corrected chi connectivity index (χ3v) is 10.3. The number of carbonyl (C=O) groups excluding carboxylic acids is 3. The van der Waals surface area contributed by atoms with E-state index in [9.17, 15) is 24.5 Å². The Kier molecular flexibility index (Phi) is 12.0. The molecule has 0 spiro atoms. The number of nitro benzene ring substituents is 1. The Bertz CT molecular complexity index is 2640. The quantitative estimate of drug-likeness (QED) is 0.0694. The normalized spacial score (nSPS) is 13.5. The number of nitro groups is 1. The molecule has 1 unspecified atom stereocenters. The van der Waals surface area contributed by atoms with Crippen LogP contribution in [0.2, 0.25) is 0 Å². The number of hydrogen-bond acceptors (Lipinski definition) is 12. The van der Waals surface area contributed by atoms with Crippen molar-refractivity contribution >= 4 is 52.4 Å². The summed E-state index contributed by atoms with van der Waals surface area (Å²) in [5.74, 6) is -0.955. The van der Waals surface area contributed by atoms with Crippen LogP contribution in [0.5, 0.6) is 11.5 Å². The van der Waals surface area contributed by atoms with Gasteiger partial charge in [0.25, 0.3) is 23.4 Å². The van der Waals surface area contributed by atoms with Crippen LogP contribution in [0, 0.1) is 44.7 Å². The summed E-state index contributed by atoms with van der Waals surface area (Å²) in [6, 6.07) is 29.0. The van der Waals surface area contributed by atoms with E-state index in [2.05, 4.69) is 31.3 Å². The Balaban J connectivity index is 1.15. The summed E-state index contributed by atoms with van der Waals surface area (Å²) in [6.07, 6.45) is -1.47. The zero-order valence-electron chi connectivity index (χ0n) is 33.2. The number of tetrazole rings is 1. The van der Waals surface area contributed by atoms with Crippen LogP contribution in [0.4, 0.5) is 17.1 Å². The summed E-state index contributed by atoms with van der Waals surface area (Å²) in [5, 5.41) is 35.6. The monoisotopic (exact) mass is 825 g/mol. The molecule has 17 heteroatoms. The number of benzene rings is 5. The average molecular weight is 826 g/mol. The average Bonchev–Trinajstić information content (AvgIpc) is 3.81. The number of para-hydroxylation sites is 1. The molecule has 0 saturated heterocycles. The fraction of sp³-hybridized carbons (Fsp3) is 0.186. The number of thioether (sulfide) groups is 1. The molecule has 0 aliphatic carbocycles. The van der Waals surface area contributed by atoms with Gasteiger partial charge >= 0.3 is 0 Å². The number of aromatic nitrogens is 4. The van der Waals surface area contributed by atoms with Crippen LogP contribution in [0.15, 0.2) is 113 Å². The molecule has 6 aromatic rings. The maximum atomic E-state index is 14.4. The van der Waals surface area contributed by atoms with Gasteiger partial charge in [-0.05, 0) is 104 Å². The van der Waals surface area contributed by atoms with Crippen LogP contribution in [-0.2, 0) is 15.3 Å². The molecule has 2 heterocycles. The predicted molar refractivity (Wildman–Crippen MR) is 226 cm³/mol. The van der Waals surface area contributed by atoms with Gasteiger partial charge in [0.2, 0.25) is 11.3 Å². The molecule has 1 aliphatic heterocycles. The number of rotatable bonds is 13. The number of non-ortho nitro benzene ring substituents is 1. The minimum atomic E-state index is -1.47. The molecule has 2 N–H and O–H groups in total. The standard InChI is InChI=1S/C43H39N9O7S/c1-25-14-16-35(27(3)18-25)58-23-37(53)44-32-11-9-10-30(21-32)41(54)45-40-39(42(55)51(47-40)38-28(4)19-26(2)20-29(38)5)59-36-17-15-34(52(56)57)22-31(36)24-60-43-46-48-49-50(43)33-12-7-6-8-13-33/h6-22,39H,23-24H2,1-5H3,(H,44,53)(H,45,47,54). The first-order valence-electron chi connectivity index (χ1n) is 18.7. The first-order chi connectivity index (χ1) is 28.8. The van der Waals surface area contributed by atoms with Gasteiger partial charge in [-0.1, -0.05) is 71.4 Å². The van der Waals surface area contributed by atoms with Crippen molar-refractivity contribution in [1.82, 2.24) is 25.5 Å². The van der Waals surface area contributed by atoms with Gasteiger partial charge in [-0.3, -0.25) is 24.5 Å². The molecule has 60 heavy (non-hydrogen) atoms. The molecule has 0 radical (unpaired) electrons. The Morgan fingerprint density at radius 2 is 1.57 bits per heavy atom. The van der Waals surface area contributed by atoms with Crippen molar-refractivity contribution < 1.29 is 28.8 Å². The van der Waals surface area contributed by atoms with Crippen molar-refractivity contribution in [2.24, 2.45) is 5.10 Å². The third kappa shape index (κ3) is 9.16. The Labute approximate surface area is 348 Å². The summed E-state index contributed by atoms with van der Waals surface area (Å²) in [5.41, 5.74) is 6.38. The number of aryl methyl sites for hydroxylation is 5. The smallest absolute Gasteiger partial charge is 0.296 e. The van der Waals surface area contributed by atoms with Crippen LogP contribution >= 0.6 is 11.8 Å². The van der Waals surface area contributed by atoms with Crippen LogP contribution in [0.25, 0.3) is 5.69 Å². The third-order valence-electron chi connectivity index (χ3n) is 9.37. The van der Waals surface area contributed by atoms with Gasteiger partial charge in [-0.2, -0.15) is 9.69 Å². The van der Waals surface area contributed by atoms with Crippen molar-refractivity contribution in [3.8, 4) is 17.2 Å². The highest BCUT2D eigenvalue weighted by atomic mass is 32.2. The SMILES string of the molecule is Cc1ccc(OCC(=O)Nc2cccc(C(=O)NC3=NN(c4c(C)cc(C)cc4C)C(=O)C3Oc3ccc([N+](=O)[O-])cc3CSc3nnnn3-c3ccccc3)c2)c(C)c1. The molecule has 16 nitrogen and oxygen atoms in total. The largest absolute Gasteiger partial charge is 0.483 e. The lowest BCUT2D eigenvalue weighted by Gasteiger charge is -2.20. The molecule has 1 aliphatic rings. The number of nitrogens with one attached hydrogen (secondary N) is 2. The molecule has 3 amide bonds. The van der Waals surface area contributed by atoms with Gasteiger partial charge in [0.15, 0.2) is 12.4 Å². The first-order valence-corrected chi connectivity index (χ1v) is 19.7. The highest BCUT2D eigenvalue weighted by molar-refractivity contribution is 7.98. The topological polar surface area (TPSA) is 196 Å². The highest BCUT2D eigenvalue weighted by Gasteiger charge is 2.41. The van der Waals surface area contributed by atoms with E-state index in [1.54, 1.807) is 24.3 Å². The van der Waals surface area contributed by atoms with Crippen LogP contribution in [0.3, 0.4) is 0 Å². The zero-order chi connectivity index (χ0) is 42.5. The number of ether oxygens (including phenoxy) is 2. The van der Waals surface area contributed by atoms with Crippen LogP contribution in [-0.4, -0.2) is 61.4 Å². The van der Waals surface area contributed by atoms with Gasteiger partial charge in [-0.15, -0.1) is 10.2 Å². The van der Waals surface area contributed by atoms with E-state index in [1.165, 1.54) is 45.7 Å². The summed E-state index contributed by atoms with van der Waals surface area (Å²) < 4.78 is 13.6. The number of carbonyl (C=O) groups is 3. The van der Waals surface area contributed by atoms with Gasteiger partial charge in [-0.25, -0.2) is 0 Å². The van der Waals surface area contributed by atoms with E-state index < -0.39 is 28.7 Å². The molecule has 1 aromatic heterocycles. The van der Waals surface area contributed by atoms with E-state index in [4.69, 9.17) is 9.47 Å². The molecular weight excluding hydrogens is 787 g/mol. The Morgan fingerprint density at radius 1 is 0.833 bits per heavy atom. The predicted octanol–water partition coefficient (Wildman–Crippen LogP) is 6.96. The van der Waals surface area contributed by atoms with Crippen LogP contribution in [0.1, 0.15) is 43.7 Å². The van der Waals surface area contributed by atoms with Gasteiger partial charge in [0, 0.05) is 34.7 Å². The van der Waals surface area contributed by atoms with Gasteiger partial charge in [0.1, 0.15) is 11.5 Å². The molecular formula is C43H39N9O7S. The number of hydrazone groups is 1. The number of nitrogens with zero attached hydrogens (tertiary/aromatic N) is 7. The first kappa shape index (κ1) is 40.8. The van der Waals surface area contributed by atoms with E-state index in [1.807, 2.05) is 89.2 Å². The highest BCUT2D eigenvalue weighted by Crippen LogP contribution is 2.34. The zero-order valence-corrected chi connectivity index (χ0v) is 34.0. The summed E-state index contributed by atoms with van der Waals surface area (Å²) in [4.78, 5) is 52.5. The number of amides is 3. The van der Waals surface area contributed by atoms with Crippen molar-refractivity contribution in [3.63, 3.8) is 0 Å². The number of amidine groups is 1. The molecule has 1 atom stereocenters.